The van der Waals surface area contributed by atoms with Gasteiger partial charge >= 0.3 is 0 Å². The van der Waals surface area contributed by atoms with E-state index in [1.54, 1.807) is 14.2 Å². The summed E-state index contributed by atoms with van der Waals surface area (Å²) in [5, 5.41) is 5.88. The van der Waals surface area contributed by atoms with Gasteiger partial charge in [-0.1, -0.05) is 17.7 Å². The molecule has 0 saturated carbocycles. The molecule has 26 heavy (non-hydrogen) atoms. The maximum absolute atomic E-state index is 12.2. The Morgan fingerprint density at radius 2 is 1.77 bits per heavy atom. The molecule has 0 aromatic heterocycles. The first-order valence-electron chi connectivity index (χ1n) is 8.38. The normalized spacial score (nSPS) is 10.2. The van der Waals surface area contributed by atoms with Gasteiger partial charge in [0.25, 0.3) is 0 Å². The lowest BCUT2D eigenvalue weighted by molar-refractivity contribution is -0.131. The number of likely N-dealkylation sites (N-methyl/N-ethyl adjacent to an activating group) is 1. The third-order valence-electron chi connectivity index (χ3n) is 4.01. The van der Waals surface area contributed by atoms with Crippen LogP contribution in [0.25, 0.3) is 0 Å². The van der Waals surface area contributed by atoms with Crippen molar-refractivity contribution in [2.45, 2.75) is 13.8 Å². The van der Waals surface area contributed by atoms with E-state index in [0.29, 0.717) is 5.69 Å². The van der Waals surface area contributed by atoms with Crippen LogP contribution in [0.3, 0.4) is 0 Å². The number of carbonyl (C=O) groups is 2. The van der Waals surface area contributed by atoms with E-state index in [1.807, 2.05) is 56.3 Å². The van der Waals surface area contributed by atoms with Gasteiger partial charge in [-0.2, -0.15) is 0 Å². The van der Waals surface area contributed by atoms with Crippen molar-refractivity contribution in [1.29, 1.82) is 0 Å². The molecule has 0 unspecified atom stereocenters. The van der Waals surface area contributed by atoms with Crippen molar-refractivity contribution < 1.29 is 14.3 Å². The maximum atomic E-state index is 12.2. The Balaban J connectivity index is 1.83. The molecule has 2 N–H and O–H groups in total. The van der Waals surface area contributed by atoms with Crippen molar-refractivity contribution in [2.24, 2.45) is 0 Å². The Morgan fingerprint density at radius 1 is 1.08 bits per heavy atom. The van der Waals surface area contributed by atoms with Crippen LogP contribution in [0.2, 0.25) is 0 Å². The predicted molar refractivity (Wildman–Crippen MR) is 104 cm³/mol. The van der Waals surface area contributed by atoms with Gasteiger partial charge in [0.05, 0.1) is 20.2 Å². The first kappa shape index (κ1) is 19.3. The van der Waals surface area contributed by atoms with Gasteiger partial charge in [-0.25, -0.2) is 0 Å². The van der Waals surface area contributed by atoms with E-state index in [0.717, 1.165) is 22.6 Å². The number of anilines is 2. The lowest BCUT2D eigenvalue weighted by atomic mass is 10.2. The van der Waals surface area contributed by atoms with Gasteiger partial charge in [0.15, 0.2) is 0 Å². The number of carbonyl (C=O) groups excluding carboxylic acids is 2. The lowest BCUT2D eigenvalue weighted by Crippen LogP contribution is -2.38. The fourth-order valence-corrected chi connectivity index (χ4v) is 2.41. The molecule has 0 aliphatic carbocycles. The number of nitrogens with zero attached hydrogens (tertiary/aromatic N) is 1. The molecule has 6 nitrogen and oxygen atoms in total. The lowest BCUT2D eigenvalue weighted by Gasteiger charge is -2.18. The van der Waals surface area contributed by atoms with Gasteiger partial charge < -0.3 is 20.3 Å². The highest BCUT2D eigenvalue weighted by Gasteiger charge is 2.13. The molecule has 0 atom stereocenters. The number of amides is 2. The van der Waals surface area contributed by atoms with Crippen LogP contribution < -0.4 is 15.4 Å². The third kappa shape index (κ3) is 5.51. The van der Waals surface area contributed by atoms with Crippen molar-refractivity contribution in [3.63, 3.8) is 0 Å². The van der Waals surface area contributed by atoms with E-state index in [4.69, 9.17) is 4.74 Å². The second-order valence-corrected chi connectivity index (χ2v) is 6.20. The molecule has 6 heteroatoms. The van der Waals surface area contributed by atoms with Gasteiger partial charge in [0.2, 0.25) is 11.8 Å². The highest BCUT2D eigenvalue weighted by molar-refractivity contribution is 5.95. The van der Waals surface area contributed by atoms with Crippen LogP contribution in [-0.4, -0.2) is 44.0 Å². The zero-order chi connectivity index (χ0) is 19.1. The summed E-state index contributed by atoms with van der Waals surface area (Å²) in [6.45, 7) is 4.03. The van der Waals surface area contributed by atoms with Crippen LogP contribution in [0.5, 0.6) is 5.75 Å². The summed E-state index contributed by atoms with van der Waals surface area (Å²) in [7, 11) is 3.22. The van der Waals surface area contributed by atoms with E-state index in [1.165, 1.54) is 4.90 Å². The molecule has 2 aromatic rings. The van der Waals surface area contributed by atoms with E-state index in [-0.39, 0.29) is 24.9 Å². The molecule has 0 fully saturated rings. The summed E-state index contributed by atoms with van der Waals surface area (Å²) in [5.74, 6) is 0.369. The highest BCUT2D eigenvalue weighted by Crippen LogP contribution is 2.20. The fourth-order valence-electron chi connectivity index (χ4n) is 2.41. The van der Waals surface area contributed by atoms with Crippen LogP contribution in [0.1, 0.15) is 11.1 Å². The van der Waals surface area contributed by atoms with Crippen molar-refractivity contribution in [3.8, 4) is 5.75 Å². The number of hydrogen-bond acceptors (Lipinski definition) is 4. The molecule has 138 valence electrons. The van der Waals surface area contributed by atoms with Gasteiger partial charge in [0.1, 0.15) is 5.75 Å². The molecule has 2 rings (SSSR count). The average molecular weight is 355 g/mol. The minimum Gasteiger partial charge on any atom is -0.497 e. The van der Waals surface area contributed by atoms with E-state index in [2.05, 4.69) is 10.6 Å². The summed E-state index contributed by atoms with van der Waals surface area (Å²) in [6.07, 6.45) is 0. The molecule has 2 amide bonds. The van der Waals surface area contributed by atoms with Crippen LogP contribution >= 0.6 is 0 Å². The Hall–Kier alpha value is -3.02. The fraction of sp³-hybridized carbons (Fsp3) is 0.300. The monoisotopic (exact) mass is 355 g/mol. The van der Waals surface area contributed by atoms with Crippen molar-refractivity contribution in [3.05, 3.63) is 53.6 Å². The van der Waals surface area contributed by atoms with Crippen molar-refractivity contribution in [2.75, 3.05) is 37.9 Å². The zero-order valence-corrected chi connectivity index (χ0v) is 15.6. The van der Waals surface area contributed by atoms with Gasteiger partial charge in [-0.15, -0.1) is 0 Å². The Bertz CT molecular complexity index is 772. The Labute approximate surface area is 154 Å². The molecule has 0 radical (unpaired) electrons. The smallest absolute Gasteiger partial charge is 0.243 e. The molecule has 0 spiro atoms. The Kier molecular flexibility index (Phi) is 6.60. The van der Waals surface area contributed by atoms with Crippen LogP contribution in [0.4, 0.5) is 11.4 Å². The van der Waals surface area contributed by atoms with Crippen LogP contribution in [0, 0.1) is 13.8 Å². The number of nitrogens with one attached hydrogen (secondary N) is 2. The largest absolute Gasteiger partial charge is 0.497 e. The molecular weight excluding hydrogens is 330 g/mol. The van der Waals surface area contributed by atoms with Crippen LogP contribution in [-0.2, 0) is 9.59 Å². The second-order valence-electron chi connectivity index (χ2n) is 6.20. The van der Waals surface area contributed by atoms with E-state index >= 15 is 0 Å². The summed E-state index contributed by atoms with van der Waals surface area (Å²) >= 11 is 0. The minimum absolute atomic E-state index is 0.00398. The summed E-state index contributed by atoms with van der Waals surface area (Å²) in [6, 6.07) is 13.1. The molecule has 2 aromatic carbocycles. The van der Waals surface area contributed by atoms with E-state index in [9.17, 15) is 9.59 Å². The molecule has 0 bridgehead atoms. The molecule has 0 aliphatic rings. The number of aryl methyl sites for hydroxylation is 2. The first-order valence-corrected chi connectivity index (χ1v) is 8.38. The molecule has 0 aliphatic heterocycles. The van der Waals surface area contributed by atoms with Gasteiger partial charge in [0, 0.05) is 18.4 Å². The summed E-state index contributed by atoms with van der Waals surface area (Å²) < 4.78 is 5.17. The second kappa shape index (κ2) is 8.89. The third-order valence-corrected chi connectivity index (χ3v) is 4.01. The number of methoxy groups -OCH3 is 1. The minimum atomic E-state index is -0.231. The van der Waals surface area contributed by atoms with Crippen molar-refractivity contribution in [1.82, 2.24) is 4.90 Å². The number of ether oxygens (including phenoxy) is 1. The average Bonchev–Trinajstić information content (AvgIpc) is 2.62. The molecule has 0 heterocycles. The van der Waals surface area contributed by atoms with E-state index < -0.39 is 0 Å². The summed E-state index contributed by atoms with van der Waals surface area (Å²) in [4.78, 5) is 25.7. The predicted octanol–water partition coefficient (Wildman–Crippen LogP) is 2.82. The van der Waals surface area contributed by atoms with Gasteiger partial charge in [-0.05, 0) is 49.7 Å². The quantitative estimate of drug-likeness (QED) is 0.801. The number of hydrogen-bond donors (Lipinski definition) is 2. The standard InChI is InChI=1S/C20H25N3O3/c1-14-5-7-16(8-6-14)22-19(24)13-23(3)20(25)12-21-18-10-9-17(26-4)11-15(18)2/h5-11,21H,12-13H2,1-4H3,(H,22,24). The maximum Gasteiger partial charge on any atom is 0.243 e. The first-order chi connectivity index (χ1) is 12.4. The highest BCUT2D eigenvalue weighted by atomic mass is 16.5. The Morgan fingerprint density at radius 3 is 2.38 bits per heavy atom. The van der Waals surface area contributed by atoms with Crippen molar-refractivity contribution >= 4 is 23.2 Å². The zero-order valence-electron chi connectivity index (χ0n) is 15.6. The van der Waals surface area contributed by atoms with Crippen LogP contribution in [0.15, 0.2) is 42.5 Å². The summed E-state index contributed by atoms with van der Waals surface area (Å²) in [5.41, 5.74) is 3.68. The molecular formula is C20H25N3O3. The number of rotatable bonds is 7. The molecule has 0 saturated heterocycles. The topological polar surface area (TPSA) is 70.7 Å². The number of benzene rings is 2. The van der Waals surface area contributed by atoms with Gasteiger partial charge in [-0.3, -0.25) is 9.59 Å². The SMILES string of the molecule is COc1ccc(NCC(=O)N(C)CC(=O)Nc2ccc(C)cc2)c(C)c1.